The highest BCUT2D eigenvalue weighted by Crippen LogP contribution is 2.11. The van der Waals surface area contributed by atoms with Crippen LogP contribution >= 0.6 is 24.0 Å². The lowest BCUT2D eigenvalue weighted by atomic mass is 10.1. The van der Waals surface area contributed by atoms with Crippen LogP contribution in [0, 0.1) is 0 Å². The first kappa shape index (κ1) is 26.8. The van der Waals surface area contributed by atoms with Crippen LogP contribution in [0.15, 0.2) is 29.3 Å². The number of carbonyl (C=O) groups is 1. The lowest BCUT2D eigenvalue weighted by Crippen LogP contribution is -2.38. The van der Waals surface area contributed by atoms with Crippen molar-refractivity contribution in [2.45, 2.75) is 38.9 Å². The van der Waals surface area contributed by atoms with Crippen LogP contribution in [0.5, 0.6) is 0 Å². The summed E-state index contributed by atoms with van der Waals surface area (Å²) in [5.41, 5.74) is 1.79. The molecule has 1 atom stereocenters. The molecule has 0 fully saturated rings. The van der Waals surface area contributed by atoms with Crippen LogP contribution in [-0.4, -0.2) is 65.2 Å². The second kappa shape index (κ2) is 13.1. The summed E-state index contributed by atoms with van der Waals surface area (Å²) in [4.78, 5) is 18.1. The molecule has 0 radical (unpaired) electrons. The van der Waals surface area contributed by atoms with Gasteiger partial charge in [0.25, 0.3) is 5.91 Å². The van der Waals surface area contributed by atoms with Crippen molar-refractivity contribution in [3.05, 3.63) is 35.4 Å². The van der Waals surface area contributed by atoms with Gasteiger partial charge in [-0.05, 0) is 51.8 Å². The van der Waals surface area contributed by atoms with Crippen LogP contribution in [-0.2, 0) is 17.2 Å². The fraction of sp³-hybridized carbons (Fsp3) is 0.600. The lowest BCUT2D eigenvalue weighted by Gasteiger charge is -2.17. The standard InChI is InChI=1S/C20H34N4O2S.HI/c1-7-21-19(23-13-14-27(26)20(2,3)4)22-12-11-16-9-8-10-17(15-16)18(25)24(5)6;/h8-10,15H,7,11-14H2,1-6H3,(H2,21,22,23);1H. The van der Waals surface area contributed by atoms with E-state index in [1.54, 1.807) is 19.0 Å². The first-order chi connectivity index (χ1) is 12.6. The van der Waals surface area contributed by atoms with Gasteiger partial charge < -0.3 is 15.5 Å². The number of amides is 1. The van der Waals surface area contributed by atoms with E-state index in [1.165, 1.54) is 0 Å². The molecule has 0 heterocycles. The van der Waals surface area contributed by atoms with E-state index in [1.807, 2.05) is 52.0 Å². The Morgan fingerprint density at radius 3 is 2.46 bits per heavy atom. The molecule has 0 bridgehead atoms. The maximum atomic E-state index is 12.1. The molecule has 0 aliphatic heterocycles. The van der Waals surface area contributed by atoms with E-state index in [9.17, 15) is 9.00 Å². The largest absolute Gasteiger partial charge is 0.357 e. The molecular weight excluding hydrogens is 487 g/mol. The van der Waals surface area contributed by atoms with Crippen LogP contribution < -0.4 is 10.6 Å². The van der Waals surface area contributed by atoms with Gasteiger partial charge in [-0.1, -0.05) is 12.1 Å². The van der Waals surface area contributed by atoms with Crippen LogP contribution in [0.2, 0.25) is 0 Å². The summed E-state index contributed by atoms with van der Waals surface area (Å²) >= 11 is 0. The van der Waals surface area contributed by atoms with Gasteiger partial charge in [0.2, 0.25) is 0 Å². The fourth-order valence-electron chi connectivity index (χ4n) is 2.33. The second-order valence-electron chi connectivity index (χ2n) is 7.50. The maximum absolute atomic E-state index is 12.1. The Labute approximate surface area is 189 Å². The number of halogens is 1. The van der Waals surface area contributed by atoms with Crippen molar-refractivity contribution < 1.29 is 9.00 Å². The number of hydrogen-bond acceptors (Lipinski definition) is 3. The van der Waals surface area contributed by atoms with Crippen molar-refractivity contribution in [3.63, 3.8) is 0 Å². The molecule has 1 rings (SSSR count). The fourth-order valence-corrected chi connectivity index (χ4v) is 3.20. The van der Waals surface area contributed by atoms with E-state index in [0.717, 1.165) is 24.5 Å². The highest BCUT2D eigenvalue weighted by Gasteiger charge is 2.18. The molecule has 1 aromatic carbocycles. The van der Waals surface area contributed by atoms with E-state index in [0.29, 0.717) is 24.4 Å². The molecule has 1 amide bonds. The zero-order valence-electron chi connectivity index (χ0n) is 17.9. The number of carbonyl (C=O) groups excluding carboxylic acids is 1. The van der Waals surface area contributed by atoms with Gasteiger partial charge >= 0.3 is 0 Å². The summed E-state index contributed by atoms with van der Waals surface area (Å²) in [6.45, 7) is 9.93. The topological polar surface area (TPSA) is 73.8 Å². The Hall–Kier alpha value is -1.16. The third-order valence-electron chi connectivity index (χ3n) is 3.86. The predicted octanol–water partition coefficient (Wildman–Crippen LogP) is 2.65. The number of nitrogens with one attached hydrogen (secondary N) is 2. The van der Waals surface area contributed by atoms with Gasteiger partial charge in [0.1, 0.15) is 0 Å². The summed E-state index contributed by atoms with van der Waals surface area (Å²) in [7, 11) is 2.60. The smallest absolute Gasteiger partial charge is 0.253 e. The third-order valence-corrected chi connectivity index (χ3v) is 5.78. The van der Waals surface area contributed by atoms with Gasteiger partial charge in [-0.25, -0.2) is 0 Å². The predicted molar refractivity (Wildman–Crippen MR) is 130 cm³/mol. The second-order valence-corrected chi connectivity index (χ2v) is 9.82. The summed E-state index contributed by atoms with van der Waals surface area (Å²) in [5.74, 6) is 1.28. The minimum absolute atomic E-state index is 0. The molecule has 0 saturated heterocycles. The van der Waals surface area contributed by atoms with Gasteiger partial charge in [-0.3, -0.25) is 14.0 Å². The van der Waals surface area contributed by atoms with Crippen molar-refractivity contribution in [2.24, 2.45) is 4.99 Å². The summed E-state index contributed by atoms with van der Waals surface area (Å²) in [5, 5.41) is 6.50. The number of rotatable bonds is 8. The van der Waals surface area contributed by atoms with Crippen molar-refractivity contribution in [3.8, 4) is 0 Å². The van der Waals surface area contributed by atoms with Gasteiger partial charge in [-0.2, -0.15) is 0 Å². The molecule has 8 heteroatoms. The van der Waals surface area contributed by atoms with Crippen LogP contribution in [0.4, 0.5) is 0 Å². The first-order valence-electron chi connectivity index (χ1n) is 9.36. The first-order valence-corrected chi connectivity index (χ1v) is 10.7. The van der Waals surface area contributed by atoms with Crippen LogP contribution in [0.3, 0.4) is 0 Å². The SMILES string of the molecule is CCNC(=NCCS(=O)C(C)(C)C)NCCc1cccc(C(=O)N(C)C)c1.I. The minimum Gasteiger partial charge on any atom is -0.357 e. The lowest BCUT2D eigenvalue weighted by molar-refractivity contribution is 0.0827. The maximum Gasteiger partial charge on any atom is 0.253 e. The Morgan fingerprint density at radius 2 is 1.89 bits per heavy atom. The zero-order chi connectivity index (χ0) is 20.4. The van der Waals surface area contributed by atoms with Crippen molar-refractivity contribution in [1.29, 1.82) is 0 Å². The normalized spacial score (nSPS) is 12.7. The average Bonchev–Trinajstić information content (AvgIpc) is 2.60. The number of guanidine groups is 1. The number of benzene rings is 1. The molecule has 0 saturated carbocycles. The molecule has 0 aliphatic carbocycles. The van der Waals surface area contributed by atoms with Crippen LogP contribution in [0.1, 0.15) is 43.6 Å². The van der Waals surface area contributed by atoms with Gasteiger partial charge in [0.15, 0.2) is 5.96 Å². The van der Waals surface area contributed by atoms with E-state index in [4.69, 9.17) is 0 Å². The molecule has 0 aromatic heterocycles. The Kier molecular flexibility index (Phi) is 12.6. The molecule has 6 nitrogen and oxygen atoms in total. The zero-order valence-corrected chi connectivity index (χ0v) is 21.0. The van der Waals surface area contributed by atoms with Gasteiger partial charge in [-0.15, -0.1) is 24.0 Å². The van der Waals surface area contributed by atoms with E-state index in [2.05, 4.69) is 15.6 Å². The highest BCUT2D eigenvalue weighted by atomic mass is 127. The monoisotopic (exact) mass is 522 g/mol. The molecule has 28 heavy (non-hydrogen) atoms. The average molecular weight is 522 g/mol. The summed E-state index contributed by atoms with van der Waals surface area (Å²) in [6.07, 6.45) is 0.785. The Morgan fingerprint density at radius 1 is 1.21 bits per heavy atom. The van der Waals surface area contributed by atoms with E-state index < -0.39 is 10.8 Å². The van der Waals surface area contributed by atoms with Crippen molar-refractivity contribution >= 4 is 46.6 Å². The summed E-state index contributed by atoms with van der Waals surface area (Å²) < 4.78 is 11.9. The molecule has 0 spiro atoms. The van der Waals surface area contributed by atoms with E-state index in [-0.39, 0.29) is 34.6 Å². The number of hydrogen-bond donors (Lipinski definition) is 2. The van der Waals surface area contributed by atoms with Gasteiger partial charge in [0, 0.05) is 54.0 Å². The Balaban J connectivity index is 0.00000729. The minimum atomic E-state index is -0.903. The quantitative estimate of drug-likeness (QED) is 0.313. The number of aliphatic imine (C=N–C) groups is 1. The van der Waals surface area contributed by atoms with Crippen molar-refractivity contribution in [1.82, 2.24) is 15.5 Å². The molecule has 160 valence electrons. The molecule has 1 aromatic rings. The van der Waals surface area contributed by atoms with Crippen molar-refractivity contribution in [2.75, 3.05) is 39.5 Å². The van der Waals surface area contributed by atoms with Gasteiger partial charge in [0.05, 0.1) is 6.54 Å². The third kappa shape index (κ3) is 9.86. The van der Waals surface area contributed by atoms with E-state index >= 15 is 0 Å². The van der Waals surface area contributed by atoms with Crippen LogP contribution in [0.25, 0.3) is 0 Å². The molecule has 0 aliphatic rings. The number of nitrogens with zero attached hydrogens (tertiary/aromatic N) is 2. The molecule has 2 N–H and O–H groups in total. The Bertz CT molecular complexity index is 672. The molecule has 1 unspecified atom stereocenters. The highest BCUT2D eigenvalue weighted by molar-refractivity contribution is 14.0. The summed E-state index contributed by atoms with van der Waals surface area (Å²) in [6, 6.07) is 7.69. The molecular formula is C20H35IN4O2S.